The number of hydrogen-bond donors (Lipinski definition) is 0. The second-order valence-corrected chi connectivity index (χ2v) is 8.06. The van der Waals surface area contributed by atoms with Crippen molar-refractivity contribution in [3.05, 3.63) is 65.7 Å². The van der Waals surface area contributed by atoms with Gasteiger partial charge in [0.25, 0.3) is 0 Å². The van der Waals surface area contributed by atoms with E-state index in [0.717, 1.165) is 48.0 Å². The summed E-state index contributed by atoms with van der Waals surface area (Å²) in [6.07, 6.45) is 9.65. The van der Waals surface area contributed by atoms with Gasteiger partial charge in [-0.25, -0.2) is 0 Å². The van der Waals surface area contributed by atoms with Crippen LogP contribution in [-0.4, -0.2) is 30.6 Å². The Morgan fingerprint density at radius 1 is 1.00 bits per heavy atom. The molecule has 0 heterocycles. The molecule has 2 aliphatic rings. The fourth-order valence-corrected chi connectivity index (χ4v) is 3.51. The van der Waals surface area contributed by atoms with Gasteiger partial charge in [0.15, 0.2) is 0 Å². The van der Waals surface area contributed by atoms with Gasteiger partial charge >= 0.3 is 0 Å². The fraction of sp³-hybridized carbons (Fsp3) is 0.400. The minimum Gasteiger partial charge on any atom is -0.497 e. The largest absolute Gasteiger partial charge is 0.497 e. The van der Waals surface area contributed by atoms with Crippen LogP contribution in [0.1, 0.15) is 43.2 Å². The van der Waals surface area contributed by atoms with Crippen LogP contribution in [0.4, 0.5) is 0 Å². The number of rotatable bonds is 9. The first-order valence-corrected chi connectivity index (χ1v) is 10.6. The Bertz CT molecular complexity index is 833. The monoisotopic (exact) mass is 391 g/mol. The molecule has 2 fully saturated rings. The van der Waals surface area contributed by atoms with E-state index >= 15 is 0 Å². The lowest BCUT2D eigenvalue weighted by molar-refractivity contribution is -0.127. The first-order valence-electron chi connectivity index (χ1n) is 10.6. The van der Waals surface area contributed by atoms with Crippen molar-refractivity contribution < 1.29 is 14.3 Å². The van der Waals surface area contributed by atoms with Crippen LogP contribution in [0.5, 0.6) is 11.5 Å². The molecule has 0 aromatic heterocycles. The van der Waals surface area contributed by atoms with Gasteiger partial charge in [-0.15, -0.1) is 0 Å². The van der Waals surface area contributed by atoms with Gasteiger partial charge in [0.1, 0.15) is 11.5 Å². The third kappa shape index (κ3) is 5.41. The Morgan fingerprint density at radius 2 is 1.69 bits per heavy atom. The molecule has 0 bridgehead atoms. The lowest BCUT2D eigenvalue weighted by Gasteiger charge is -2.25. The number of methoxy groups -OCH3 is 1. The smallest absolute Gasteiger partial charge is 0.247 e. The minimum atomic E-state index is 0.0635. The van der Waals surface area contributed by atoms with Crippen LogP contribution in [0.25, 0.3) is 6.08 Å². The van der Waals surface area contributed by atoms with E-state index in [2.05, 4.69) is 12.1 Å². The molecular formula is C25H29NO3. The predicted octanol–water partition coefficient (Wildman–Crippen LogP) is 5.08. The maximum atomic E-state index is 12.8. The van der Waals surface area contributed by atoms with E-state index in [1.54, 1.807) is 13.2 Å². The quantitative estimate of drug-likeness (QED) is 0.560. The van der Waals surface area contributed by atoms with Crippen LogP contribution >= 0.6 is 0 Å². The number of nitrogens with zero attached hydrogens (tertiary/aromatic N) is 1. The van der Waals surface area contributed by atoms with Crippen molar-refractivity contribution in [3.63, 3.8) is 0 Å². The van der Waals surface area contributed by atoms with Gasteiger partial charge in [-0.3, -0.25) is 4.79 Å². The molecule has 4 heteroatoms. The molecule has 4 nitrogen and oxygen atoms in total. The number of carbonyl (C=O) groups is 1. The molecule has 29 heavy (non-hydrogen) atoms. The van der Waals surface area contributed by atoms with Crippen LogP contribution in [0, 0.1) is 5.92 Å². The van der Waals surface area contributed by atoms with E-state index in [1.807, 2.05) is 47.4 Å². The Balaban J connectivity index is 1.34. The molecule has 2 aromatic carbocycles. The number of ether oxygens (including phenoxy) is 2. The van der Waals surface area contributed by atoms with Gasteiger partial charge in [0, 0.05) is 18.7 Å². The van der Waals surface area contributed by atoms with Crippen LogP contribution in [-0.2, 0) is 11.3 Å². The molecule has 0 atom stereocenters. The zero-order valence-electron chi connectivity index (χ0n) is 17.0. The molecule has 0 radical (unpaired) electrons. The molecular weight excluding hydrogens is 362 g/mol. The molecule has 2 aliphatic carbocycles. The summed E-state index contributed by atoms with van der Waals surface area (Å²) in [5.41, 5.74) is 2.13. The van der Waals surface area contributed by atoms with Crippen molar-refractivity contribution in [1.82, 2.24) is 4.90 Å². The molecule has 0 aliphatic heterocycles. The van der Waals surface area contributed by atoms with Crippen molar-refractivity contribution in [1.29, 1.82) is 0 Å². The van der Waals surface area contributed by atoms with Gasteiger partial charge in [0.05, 0.1) is 13.7 Å². The SMILES string of the molecule is COc1ccc(C=CC(=O)N(Cc2ccc(OCC3CCC3)cc2)C2CC2)cc1. The zero-order chi connectivity index (χ0) is 20.1. The highest BCUT2D eigenvalue weighted by molar-refractivity contribution is 5.92. The summed E-state index contributed by atoms with van der Waals surface area (Å²) in [6, 6.07) is 16.3. The summed E-state index contributed by atoms with van der Waals surface area (Å²) < 4.78 is 11.1. The van der Waals surface area contributed by atoms with Gasteiger partial charge in [-0.05, 0) is 73.1 Å². The van der Waals surface area contributed by atoms with E-state index in [-0.39, 0.29) is 5.91 Å². The molecule has 2 aromatic rings. The van der Waals surface area contributed by atoms with Crippen LogP contribution in [0.15, 0.2) is 54.6 Å². The van der Waals surface area contributed by atoms with Crippen molar-refractivity contribution in [2.24, 2.45) is 5.92 Å². The summed E-state index contributed by atoms with van der Waals surface area (Å²) in [7, 11) is 1.65. The Hall–Kier alpha value is -2.75. The number of amides is 1. The zero-order valence-corrected chi connectivity index (χ0v) is 17.0. The summed E-state index contributed by atoms with van der Waals surface area (Å²) in [4.78, 5) is 14.8. The van der Waals surface area contributed by atoms with Gasteiger partial charge < -0.3 is 14.4 Å². The highest BCUT2D eigenvalue weighted by Crippen LogP contribution is 2.30. The van der Waals surface area contributed by atoms with E-state index in [9.17, 15) is 4.79 Å². The lowest BCUT2D eigenvalue weighted by atomic mass is 9.86. The van der Waals surface area contributed by atoms with Crippen molar-refractivity contribution >= 4 is 12.0 Å². The van der Waals surface area contributed by atoms with Crippen molar-refractivity contribution in [3.8, 4) is 11.5 Å². The average molecular weight is 392 g/mol. The fourth-order valence-electron chi connectivity index (χ4n) is 3.51. The Labute approximate surface area is 173 Å². The van der Waals surface area contributed by atoms with E-state index in [0.29, 0.717) is 12.6 Å². The molecule has 0 unspecified atom stereocenters. The molecule has 0 N–H and O–H groups in total. The average Bonchev–Trinajstić information content (AvgIpc) is 3.55. The second-order valence-electron chi connectivity index (χ2n) is 8.06. The predicted molar refractivity (Wildman–Crippen MR) is 115 cm³/mol. The number of carbonyl (C=O) groups excluding carboxylic acids is 1. The maximum absolute atomic E-state index is 12.8. The van der Waals surface area contributed by atoms with Crippen LogP contribution in [0.3, 0.4) is 0 Å². The lowest BCUT2D eigenvalue weighted by Crippen LogP contribution is -2.31. The first kappa shape index (κ1) is 19.6. The maximum Gasteiger partial charge on any atom is 0.247 e. The standard InChI is InChI=1S/C25H29NO3/c1-28-23-12-5-19(6-13-23)9-16-25(27)26(22-10-11-22)17-20-7-14-24(15-8-20)29-18-21-3-2-4-21/h5-9,12-16,21-22H,2-4,10-11,17-18H2,1H3. The molecule has 4 rings (SSSR count). The van der Waals surface area contributed by atoms with Crippen molar-refractivity contribution in [2.75, 3.05) is 13.7 Å². The second kappa shape index (κ2) is 9.17. The van der Waals surface area contributed by atoms with E-state index in [4.69, 9.17) is 9.47 Å². The summed E-state index contributed by atoms with van der Waals surface area (Å²) in [5.74, 6) is 2.53. The molecule has 1 amide bonds. The molecule has 2 saturated carbocycles. The van der Waals surface area contributed by atoms with Crippen LogP contribution < -0.4 is 9.47 Å². The van der Waals surface area contributed by atoms with Gasteiger partial charge in [0.2, 0.25) is 5.91 Å². The highest BCUT2D eigenvalue weighted by atomic mass is 16.5. The number of hydrogen-bond acceptors (Lipinski definition) is 3. The third-order valence-electron chi connectivity index (χ3n) is 5.79. The summed E-state index contributed by atoms with van der Waals surface area (Å²) in [5, 5.41) is 0. The van der Waals surface area contributed by atoms with Gasteiger partial charge in [-0.2, -0.15) is 0 Å². The molecule has 0 spiro atoms. The van der Waals surface area contributed by atoms with E-state index in [1.165, 1.54) is 19.3 Å². The normalized spacial score (nSPS) is 16.4. The molecule has 152 valence electrons. The van der Waals surface area contributed by atoms with E-state index < -0.39 is 0 Å². The first-order chi connectivity index (χ1) is 14.2. The Kier molecular flexibility index (Phi) is 6.18. The third-order valence-corrected chi connectivity index (χ3v) is 5.79. The van der Waals surface area contributed by atoms with Crippen molar-refractivity contribution in [2.45, 2.75) is 44.7 Å². The topological polar surface area (TPSA) is 38.8 Å². The van der Waals surface area contributed by atoms with Gasteiger partial charge in [-0.1, -0.05) is 30.7 Å². The number of benzene rings is 2. The highest BCUT2D eigenvalue weighted by Gasteiger charge is 2.31. The summed E-state index contributed by atoms with van der Waals surface area (Å²) in [6.45, 7) is 1.46. The van der Waals surface area contributed by atoms with Crippen LogP contribution in [0.2, 0.25) is 0 Å². The molecule has 0 saturated heterocycles. The minimum absolute atomic E-state index is 0.0635. The Morgan fingerprint density at radius 3 is 2.28 bits per heavy atom. The summed E-state index contributed by atoms with van der Waals surface area (Å²) >= 11 is 0.